The summed E-state index contributed by atoms with van der Waals surface area (Å²) in [4.78, 5) is 43.6. The molecule has 1 aromatic heterocycles. The third kappa shape index (κ3) is 4.36. The van der Waals surface area contributed by atoms with Crippen LogP contribution in [0.3, 0.4) is 0 Å². The van der Waals surface area contributed by atoms with Gasteiger partial charge in [0.1, 0.15) is 5.75 Å². The van der Waals surface area contributed by atoms with Crippen molar-refractivity contribution in [2.45, 2.75) is 38.8 Å². The topological polar surface area (TPSA) is 115 Å². The fourth-order valence-electron chi connectivity index (χ4n) is 3.41. The van der Waals surface area contributed by atoms with Crippen LogP contribution in [0, 0.1) is 0 Å². The molecule has 0 radical (unpaired) electrons. The van der Waals surface area contributed by atoms with Gasteiger partial charge >= 0.3 is 11.9 Å². The second-order valence-electron chi connectivity index (χ2n) is 6.79. The number of carbonyl (C=O) groups is 3. The first-order valence-electron chi connectivity index (χ1n) is 9.97. The van der Waals surface area contributed by atoms with Gasteiger partial charge in [0.15, 0.2) is 0 Å². The quantitative estimate of drug-likeness (QED) is 0.503. The number of amides is 1. The zero-order valence-electron chi connectivity index (χ0n) is 17.4. The van der Waals surface area contributed by atoms with Gasteiger partial charge in [-0.15, -0.1) is 0 Å². The number of aliphatic hydroxyl groups is 1. The molecular formula is C22H24N2O7. The molecule has 164 valence electrons. The molecule has 1 aliphatic heterocycles. The molecule has 0 atom stereocenters. The largest absolute Gasteiger partial charge is 0.464 e. The maximum absolute atomic E-state index is 12.8. The van der Waals surface area contributed by atoms with Crippen molar-refractivity contribution in [1.29, 1.82) is 0 Å². The van der Waals surface area contributed by atoms with E-state index in [2.05, 4.69) is 4.98 Å². The van der Waals surface area contributed by atoms with Crippen LogP contribution in [0.4, 0.5) is 5.69 Å². The summed E-state index contributed by atoms with van der Waals surface area (Å²) in [5, 5.41) is 9.11. The summed E-state index contributed by atoms with van der Waals surface area (Å²) < 4.78 is 15.9. The standard InChI is InChI=1S/C22H24N2O7/c1-3-29-20(27)22(21(28)30-4-2)12-11-19(26)24(22)16-7-10-18(23-13-16)31-17-8-5-15(14-25)6-9-17/h5-10,13,25H,3-4,11-12,14H2,1-2H3. The number of nitrogens with zero attached hydrogens (tertiary/aromatic N) is 2. The van der Waals surface area contributed by atoms with Gasteiger partial charge in [0.25, 0.3) is 0 Å². The fourth-order valence-corrected chi connectivity index (χ4v) is 3.41. The smallest absolute Gasteiger partial charge is 0.344 e. The molecule has 0 aliphatic carbocycles. The molecule has 9 heteroatoms. The monoisotopic (exact) mass is 428 g/mol. The van der Waals surface area contributed by atoms with Crippen LogP contribution in [0.5, 0.6) is 11.6 Å². The highest BCUT2D eigenvalue weighted by atomic mass is 16.6. The highest BCUT2D eigenvalue weighted by molar-refractivity contribution is 6.18. The molecule has 0 unspecified atom stereocenters. The molecule has 0 bridgehead atoms. The summed E-state index contributed by atoms with van der Waals surface area (Å²) in [6.07, 6.45) is 1.31. The normalized spacial score (nSPS) is 14.9. The Kier molecular flexibility index (Phi) is 6.86. The maximum Gasteiger partial charge on any atom is 0.344 e. The number of ether oxygens (including phenoxy) is 3. The number of aromatic nitrogens is 1. The van der Waals surface area contributed by atoms with Crippen molar-refractivity contribution < 1.29 is 33.7 Å². The highest BCUT2D eigenvalue weighted by Crippen LogP contribution is 2.38. The summed E-state index contributed by atoms with van der Waals surface area (Å²) >= 11 is 0. The lowest BCUT2D eigenvalue weighted by atomic mass is 9.95. The number of hydrogen-bond donors (Lipinski definition) is 1. The van der Waals surface area contributed by atoms with Gasteiger partial charge in [-0.1, -0.05) is 12.1 Å². The Balaban J connectivity index is 1.89. The number of hydrogen-bond acceptors (Lipinski definition) is 8. The lowest BCUT2D eigenvalue weighted by Crippen LogP contribution is -2.59. The Morgan fingerprint density at radius 1 is 1.06 bits per heavy atom. The molecular weight excluding hydrogens is 404 g/mol. The molecule has 1 aliphatic rings. The average Bonchev–Trinajstić information content (AvgIpc) is 3.13. The second kappa shape index (κ2) is 9.57. The van der Waals surface area contributed by atoms with Gasteiger partial charge in [0.05, 0.1) is 31.7 Å². The van der Waals surface area contributed by atoms with Crippen LogP contribution in [0.2, 0.25) is 0 Å². The van der Waals surface area contributed by atoms with Crippen molar-refractivity contribution in [3.05, 3.63) is 48.2 Å². The number of aliphatic hydroxyl groups excluding tert-OH is 1. The Labute approximate surface area is 179 Å². The van der Waals surface area contributed by atoms with Crippen LogP contribution in [0.15, 0.2) is 42.6 Å². The second-order valence-corrected chi connectivity index (χ2v) is 6.79. The number of carbonyl (C=O) groups excluding carboxylic acids is 3. The minimum absolute atomic E-state index is 0.00686. The molecule has 0 saturated carbocycles. The van der Waals surface area contributed by atoms with Crippen molar-refractivity contribution in [2.24, 2.45) is 0 Å². The van der Waals surface area contributed by atoms with E-state index in [1.807, 2.05) is 0 Å². The highest BCUT2D eigenvalue weighted by Gasteiger charge is 2.60. The van der Waals surface area contributed by atoms with Crippen molar-refractivity contribution in [3.63, 3.8) is 0 Å². The van der Waals surface area contributed by atoms with Gasteiger partial charge in [-0.25, -0.2) is 14.6 Å². The van der Waals surface area contributed by atoms with Crippen LogP contribution in [-0.2, 0) is 30.5 Å². The molecule has 3 rings (SSSR count). The summed E-state index contributed by atoms with van der Waals surface area (Å²) in [5.74, 6) is -1.30. The Bertz CT molecular complexity index is 923. The molecule has 31 heavy (non-hydrogen) atoms. The van der Waals surface area contributed by atoms with E-state index in [1.165, 1.54) is 12.3 Å². The van der Waals surface area contributed by atoms with Crippen LogP contribution in [-0.4, -0.2) is 46.7 Å². The minimum Gasteiger partial charge on any atom is -0.464 e. The summed E-state index contributed by atoms with van der Waals surface area (Å²) in [5.41, 5.74) is -0.878. The lowest BCUT2D eigenvalue weighted by Gasteiger charge is -2.33. The Hall–Kier alpha value is -3.46. The molecule has 2 aromatic rings. The van der Waals surface area contributed by atoms with Gasteiger partial charge in [0.2, 0.25) is 17.3 Å². The van der Waals surface area contributed by atoms with Crippen LogP contribution >= 0.6 is 0 Å². The summed E-state index contributed by atoms with van der Waals surface area (Å²) in [6.45, 7) is 3.29. The molecule has 2 heterocycles. The maximum atomic E-state index is 12.8. The van der Waals surface area contributed by atoms with E-state index in [0.29, 0.717) is 5.75 Å². The van der Waals surface area contributed by atoms with Gasteiger partial charge in [-0.2, -0.15) is 0 Å². The average molecular weight is 428 g/mol. The zero-order chi connectivity index (χ0) is 22.4. The molecule has 1 fully saturated rings. The van der Waals surface area contributed by atoms with E-state index >= 15 is 0 Å². The van der Waals surface area contributed by atoms with Gasteiger partial charge in [-0.05, 0) is 37.6 Å². The van der Waals surface area contributed by atoms with Crippen LogP contribution in [0.1, 0.15) is 32.3 Å². The molecule has 1 amide bonds. The lowest BCUT2D eigenvalue weighted by molar-refractivity contribution is -0.164. The summed E-state index contributed by atoms with van der Waals surface area (Å²) in [7, 11) is 0. The first-order chi connectivity index (χ1) is 15.0. The minimum atomic E-state index is -1.88. The van der Waals surface area contributed by atoms with E-state index in [9.17, 15) is 14.4 Å². The van der Waals surface area contributed by atoms with E-state index in [-0.39, 0.29) is 44.2 Å². The Morgan fingerprint density at radius 3 is 2.23 bits per heavy atom. The number of esters is 2. The van der Waals surface area contributed by atoms with Crippen molar-refractivity contribution in [3.8, 4) is 11.6 Å². The predicted molar refractivity (Wildman–Crippen MR) is 109 cm³/mol. The first kappa shape index (κ1) is 22.2. The van der Waals surface area contributed by atoms with E-state index in [4.69, 9.17) is 19.3 Å². The SMILES string of the molecule is CCOC(=O)C1(C(=O)OCC)CCC(=O)N1c1ccc(Oc2ccc(CO)cc2)nc1. The number of rotatable bonds is 8. The zero-order valence-corrected chi connectivity index (χ0v) is 17.4. The van der Waals surface area contributed by atoms with E-state index in [1.54, 1.807) is 44.2 Å². The predicted octanol–water partition coefficient (Wildman–Crippen LogP) is 2.36. The van der Waals surface area contributed by atoms with Crippen LogP contribution in [0.25, 0.3) is 0 Å². The molecule has 1 saturated heterocycles. The summed E-state index contributed by atoms with van der Waals surface area (Å²) in [6, 6.07) is 9.90. The molecule has 1 aromatic carbocycles. The van der Waals surface area contributed by atoms with E-state index < -0.39 is 23.4 Å². The third-order valence-electron chi connectivity index (χ3n) is 4.87. The molecule has 9 nitrogen and oxygen atoms in total. The molecule has 0 spiro atoms. The molecule has 1 N–H and O–H groups in total. The van der Waals surface area contributed by atoms with Crippen LogP contribution < -0.4 is 9.64 Å². The van der Waals surface area contributed by atoms with Gasteiger partial charge in [-0.3, -0.25) is 9.69 Å². The number of pyridine rings is 1. The first-order valence-corrected chi connectivity index (χ1v) is 9.97. The number of benzene rings is 1. The van der Waals surface area contributed by atoms with Crippen molar-refractivity contribution >= 4 is 23.5 Å². The fraction of sp³-hybridized carbons (Fsp3) is 0.364. The van der Waals surface area contributed by atoms with Gasteiger partial charge in [0, 0.05) is 18.9 Å². The third-order valence-corrected chi connectivity index (χ3v) is 4.87. The van der Waals surface area contributed by atoms with E-state index in [0.717, 1.165) is 10.5 Å². The van der Waals surface area contributed by atoms with Crippen molar-refractivity contribution in [1.82, 2.24) is 4.98 Å². The number of anilines is 1. The Morgan fingerprint density at radius 2 is 1.71 bits per heavy atom. The van der Waals surface area contributed by atoms with Gasteiger partial charge < -0.3 is 19.3 Å². The van der Waals surface area contributed by atoms with Crippen molar-refractivity contribution in [2.75, 3.05) is 18.1 Å².